The first-order valence-electron chi connectivity index (χ1n) is 5.66. The van der Waals surface area contributed by atoms with Gasteiger partial charge in [-0.1, -0.05) is 11.6 Å². The number of hydrogen-bond donors (Lipinski definition) is 1. The Balaban J connectivity index is 2.20. The molecule has 96 valence electrons. The van der Waals surface area contributed by atoms with Crippen LogP contribution in [0.1, 0.15) is 18.4 Å². The molecule has 7 heteroatoms. The molecule has 19 heavy (non-hydrogen) atoms. The smallest absolute Gasteiger partial charge is 0.165 e. The van der Waals surface area contributed by atoms with Crippen LogP contribution in [0.15, 0.2) is 12.4 Å². The minimum absolute atomic E-state index is 0.0110. The second kappa shape index (κ2) is 4.52. The van der Waals surface area contributed by atoms with Crippen LogP contribution >= 0.6 is 11.6 Å². The summed E-state index contributed by atoms with van der Waals surface area (Å²) in [5.74, 6) is -0.280. The molecule has 1 fully saturated rings. The van der Waals surface area contributed by atoms with Gasteiger partial charge in [0.25, 0.3) is 0 Å². The molecule has 1 aliphatic rings. The van der Waals surface area contributed by atoms with Gasteiger partial charge in [-0.3, -0.25) is 0 Å². The molecule has 0 saturated heterocycles. The highest BCUT2D eigenvalue weighted by Crippen LogP contribution is 2.38. The highest BCUT2D eigenvalue weighted by Gasteiger charge is 2.28. The molecule has 0 bridgehead atoms. The number of hydrogen-bond acceptors (Lipinski definition) is 4. The van der Waals surface area contributed by atoms with E-state index in [9.17, 15) is 9.65 Å². The normalized spacial score (nSPS) is 14.2. The number of aromatic nitrogens is 3. The molecule has 1 N–H and O–H groups in total. The Bertz CT molecular complexity index is 661. The van der Waals surface area contributed by atoms with E-state index in [0.29, 0.717) is 0 Å². The van der Waals surface area contributed by atoms with E-state index in [1.54, 1.807) is 0 Å². The zero-order chi connectivity index (χ0) is 13.4. The lowest BCUT2D eigenvalue weighted by molar-refractivity contribution is 0.302. The predicted molar refractivity (Wildman–Crippen MR) is 65.2 cm³/mol. The predicted octanol–water partition coefficient (Wildman–Crippen LogP) is 2.68. The van der Waals surface area contributed by atoms with Gasteiger partial charge in [0.1, 0.15) is 23.7 Å². The standard InChI is InChI=1S/C12H8ClFN4O/c13-8-3-9(19-6-1-2-6)7(4-15)10(11(8)14)12-16-5-17-18-12/h3,5-6H,1-2H2,(H,16,17,18). The van der Waals surface area contributed by atoms with Crippen molar-refractivity contribution in [2.75, 3.05) is 0 Å². The van der Waals surface area contributed by atoms with Crippen molar-refractivity contribution in [2.24, 2.45) is 0 Å². The van der Waals surface area contributed by atoms with Crippen molar-refractivity contribution in [1.29, 1.82) is 5.26 Å². The molecule has 0 unspecified atom stereocenters. The molecule has 0 aliphatic heterocycles. The number of benzene rings is 1. The van der Waals surface area contributed by atoms with Crippen LogP contribution in [-0.4, -0.2) is 21.3 Å². The SMILES string of the molecule is N#Cc1c(OC2CC2)cc(Cl)c(F)c1-c1nnc[nH]1. The molecule has 5 nitrogen and oxygen atoms in total. The molecule has 1 heterocycles. The van der Waals surface area contributed by atoms with Crippen LogP contribution in [0.3, 0.4) is 0 Å². The van der Waals surface area contributed by atoms with Crippen LogP contribution in [0.4, 0.5) is 4.39 Å². The molecule has 1 aromatic carbocycles. The van der Waals surface area contributed by atoms with Crippen LogP contribution in [0, 0.1) is 17.1 Å². The number of aromatic amines is 1. The minimum Gasteiger partial charge on any atom is -0.489 e. The van der Waals surface area contributed by atoms with Gasteiger partial charge in [0, 0.05) is 6.07 Å². The average Bonchev–Trinajstić information content (AvgIpc) is 3.05. The largest absolute Gasteiger partial charge is 0.489 e. The fourth-order valence-electron chi connectivity index (χ4n) is 1.72. The van der Waals surface area contributed by atoms with Gasteiger partial charge in [-0.2, -0.15) is 5.26 Å². The van der Waals surface area contributed by atoms with E-state index in [4.69, 9.17) is 16.3 Å². The third-order valence-electron chi connectivity index (χ3n) is 2.77. The lowest BCUT2D eigenvalue weighted by Gasteiger charge is -2.11. The maximum atomic E-state index is 14.1. The zero-order valence-electron chi connectivity index (χ0n) is 9.65. The van der Waals surface area contributed by atoms with Crippen molar-refractivity contribution in [3.8, 4) is 23.2 Å². The Morgan fingerprint density at radius 2 is 2.32 bits per heavy atom. The second-order valence-corrected chi connectivity index (χ2v) is 4.59. The highest BCUT2D eigenvalue weighted by molar-refractivity contribution is 6.31. The molecule has 3 rings (SSSR count). The van der Waals surface area contributed by atoms with Crippen molar-refractivity contribution >= 4 is 11.6 Å². The molecule has 0 amide bonds. The van der Waals surface area contributed by atoms with Crippen LogP contribution in [0.25, 0.3) is 11.4 Å². The Hall–Kier alpha value is -2.13. The summed E-state index contributed by atoms with van der Waals surface area (Å²) in [6.07, 6.45) is 3.24. The van der Waals surface area contributed by atoms with Crippen molar-refractivity contribution < 1.29 is 9.13 Å². The van der Waals surface area contributed by atoms with Gasteiger partial charge < -0.3 is 9.72 Å². The number of nitrogens with one attached hydrogen (secondary N) is 1. The summed E-state index contributed by atoms with van der Waals surface area (Å²) in [5.41, 5.74) is 0.0636. The molecule has 2 aromatic rings. The number of nitriles is 1. The molecule has 1 aliphatic carbocycles. The topological polar surface area (TPSA) is 74.6 Å². The number of nitrogens with zero attached hydrogens (tertiary/aromatic N) is 3. The maximum Gasteiger partial charge on any atom is 0.165 e. The van der Waals surface area contributed by atoms with E-state index >= 15 is 0 Å². The van der Waals surface area contributed by atoms with Crippen LogP contribution in [0.5, 0.6) is 5.75 Å². The van der Waals surface area contributed by atoms with Gasteiger partial charge in [-0.25, -0.2) is 4.39 Å². The Kier molecular flexibility index (Phi) is 2.84. The fourth-order valence-corrected chi connectivity index (χ4v) is 1.92. The lowest BCUT2D eigenvalue weighted by Crippen LogP contribution is -2.02. The van der Waals surface area contributed by atoms with E-state index in [0.717, 1.165) is 12.8 Å². The fraction of sp³-hybridized carbons (Fsp3) is 0.250. The van der Waals surface area contributed by atoms with E-state index in [1.807, 2.05) is 6.07 Å². The summed E-state index contributed by atoms with van der Waals surface area (Å²) in [6, 6.07) is 3.27. The molecule has 0 radical (unpaired) electrons. The van der Waals surface area contributed by atoms with Crippen molar-refractivity contribution in [3.05, 3.63) is 28.8 Å². The Morgan fingerprint density at radius 3 is 2.89 bits per heavy atom. The lowest BCUT2D eigenvalue weighted by atomic mass is 10.1. The number of halogens is 2. The molecule has 0 spiro atoms. The number of ether oxygens (including phenoxy) is 1. The van der Waals surface area contributed by atoms with Crippen LogP contribution < -0.4 is 4.74 Å². The number of H-pyrrole nitrogens is 1. The maximum absolute atomic E-state index is 14.1. The average molecular weight is 279 g/mol. The summed E-state index contributed by atoms with van der Waals surface area (Å²) in [7, 11) is 0. The molecular weight excluding hydrogens is 271 g/mol. The van der Waals surface area contributed by atoms with Gasteiger partial charge in [0.2, 0.25) is 0 Å². The zero-order valence-corrected chi connectivity index (χ0v) is 10.4. The van der Waals surface area contributed by atoms with Gasteiger partial charge in [-0.05, 0) is 12.8 Å². The van der Waals surface area contributed by atoms with E-state index < -0.39 is 5.82 Å². The summed E-state index contributed by atoms with van der Waals surface area (Å²) < 4.78 is 19.7. The van der Waals surface area contributed by atoms with E-state index in [2.05, 4.69) is 15.2 Å². The summed E-state index contributed by atoms with van der Waals surface area (Å²) in [6.45, 7) is 0. The second-order valence-electron chi connectivity index (χ2n) is 4.19. The van der Waals surface area contributed by atoms with Crippen LogP contribution in [-0.2, 0) is 0 Å². The quantitative estimate of drug-likeness (QED) is 0.936. The van der Waals surface area contributed by atoms with Gasteiger partial charge in [-0.15, -0.1) is 10.2 Å². The third-order valence-corrected chi connectivity index (χ3v) is 3.04. The van der Waals surface area contributed by atoms with Gasteiger partial charge in [0.05, 0.1) is 16.7 Å². The van der Waals surface area contributed by atoms with E-state index in [1.165, 1.54) is 12.4 Å². The Morgan fingerprint density at radius 1 is 1.53 bits per heavy atom. The first-order chi connectivity index (χ1) is 9.20. The van der Waals surface area contributed by atoms with Crippen molar-refractivity contribution in [2.45, 2.75) is 18.9 Å². The summed E-state index contributed by atoms with van der Waals surface area (Å²) >= 11 is 5.84. The Labute approximate surface area is 113 Å². The molecular formula is C12H8ClFN4O. The minimum atomic E-state index is -0.710. The first-order valence-corrected chi connectivity index (χ1v) is 6.03. The molecule has 1 saturated carbocycles. The monoisotopic (exact) mass is 278 g/mol. The highest BCUT2D eigenvalue weighted by atomic mass is 35.5. The molecule has 0 atom stereocenters. The first kappa shape index (κ1) is 11.9. The van der Waals surface area contributed by atoms with Crippen LogP contribution in [0.2, 0.25) is 5.02 Å². The van der Waals surface area contributed by atoms with Gasteiger partial charge in [0.15, 0.2) is 11.6 Å². The van der Waals surface area contributed by atoms with Gasteiger partial charge >= 0.3 is 0 Å². The summed E-state index contributed by atoms with van der Waals surface area (Å²) in [5, 5.41) is 16.4. The van der Waals surface area contributed by atoms with E-state index in [-0.39, 0.29) is 33.8 Å². The third kappa shape index (κ3) is 2.13. The van der Waals surface area contributed by atoms with Crippen molar-refractivity contribution in [1.82, 2.24) is 15.2 Å². The summed E-state index contributed by atoms with van der Waals surface area (Å²) in [4.78, 5) is 2.66. The van der Waals surface area contributed by atoms with Crippen molar-refractivity contribution in [3.63, 3.8) is 0 Å². The molecule has 1 aromatic heterocycles. The number of rotatable bonds is 3.